The van der Waals surface area contributed by atoms with Crippen LogP contribution in [0.4, 0.5) is 5.69 Å². The van der Waals surface area contributed by atoms with Gasteiger partial charge in [-0.05, 0) is 55.3 Å². The summed E-state index contributed by atoms with van der Waals surface area (Å²) >= 11 is 0. The van der Waals surface area contributed by atoms with E-state index in [1.54, 1.807) is 50.4 Å². The van der Waals surface area contributed by atoms with E-state index >= 15 is 0 Å². The first kappa shape index (κ1) is 17.3. The molecule has 2 aromatic carbocycles. The minimum Gasteiger partial charge on any atom is -0.491 e. The number of ether oxygens (including phenoxy) is 2. The van der Waals surface area contributed by atoms with Gasteiger partial charge in [0.1, 0.15) is 12.4 Å². The van der Waals surface area contributed by atoms with Crippen LogP contribution in [0.2, 0.25) is 0 Å². The zero-order valence-corrected chi connectivity index (χ0v) is 14.3. The van der Waals surface area contributed by atoms with Gasteiger partial charge in [-0.2, -0.15) is 0 Å². The number of hydrogen-bond acceptors (Lipinski definition) is 4. The normalized spacial score (nSPS) is 11.3. The lowest BCUT2D eigenvalue weighted by molar-refractivity contribution is 0.146. The predicted octanol–water partition coefficient (Wildman–Crippen LogP) is 3.13. The second-order valence-electron chi connectivity index (χ2n) is 5.24. The number of aryl methyl sites for hydroxylation is 2. The molecular formula is C17H21NO4S. The van der Waals surface area contributed by atoms with Gasteiger partial charge in [0, 0.05) is 12.8 Å². The highest BCUT2D eigenvalue weighted by molar-refractivity contribution is 7.92. The molecular weight excluding hydrogens is 314 g/mol. The Balaban J connectivity index is 2.13. The maximum Gasteiger partial charge on any atom is 0.262 e. The smallest absolute Gasteiger partial charge is 0.262 e. The molecule has 23 heavy (non-hydrogen) atoms. The molecule has 1 N–H and O–H groups in total. The molecule has 0 amide bonds. The second kappa shape index (κ2) is 7.48. The summed E-state index contributed by atoms with van der Waals surface area (Å²) in [5.74, 6) is 0.664. The molecule has 0 radical (unpaired) electrons. The second-order valence-corrected chi connectivity index (χ2v) is 6.89. The third-order valence-corrected chi connectivity index (χ3v) is 4.82. The molecule has 0 bridgehead atoms. The Hall–Kier alpha value is -2.05. The number of nitrogens with one attached hydrogen (secondary N) is 1. The van der Waals surface area contributed by atoms with Crippen LogP contribution >= 0.6 is 0 Å². The lowest BCUT2D eigenvalue weighted by atomic mass is 10.2. The molecule has 0 atom stereocenters. The zero-order chi connectivity index (χ0) is 16.9. The van der Waals surface area contributed by atoms with Crippen LogP contribution in [0.3, 0.4) is 0 Å². The minimum absolute atomic E-state index is 0.290. The Morgan fingerprint density at radius 1 is 1.00 bits per heavy atom. The fourth-order valence-electron chi connectivity index (χ4n) is 2.07. The first-order chi connectivity index (χ1) is 10.9. The van der Waals surface area contributed by atoms with E-state index in [4.69, 9.17) is 9.47 Å². The van der Waals surface area contributed by atoms with Crippen molar-refractivity contribution in [2.75, 3.05) is 25.0 Å². The summed E-state index contributed by atoms with van der Waals surface area (Å²) in [6, 6.07) is 12.1. The highest BCUT2D eigenvalue weighted by Gasteiger charge is 2.17. The van der Waals surface area contributed by atoms with Crippen LogP contribution in [-0.2, 0) is 14.8 Å². The molecule has 0 aliphatic heterocycles. The standard InChI is InChI=1S/C17H21NO4S/c1-13-4-5-14(2)17(12-13)23(19,20)18-15-6-8-16(9-7-15)22-11-10-21-3/h4-9,12,18H,10-11H2,1-3H3. The molecule has 0 aromatic heterocycles. The van der Waals surface area contributed by atoms with Crippen LogP contribution in [0.25, 0.3) is 0 Å². The van der Waals surface area contributed by atoms with Gasteiger partial charge in [-0.1, -0.05) is 12.1 Å². The Morgan fingerprint density at radius 2 is 1.70 bits per heavy atom. The maximum absolute atomic E-state index is 12.5. The van der Waals surface area contributed by atoms with Crippen LogP contribution in [0.5, 0.6) is 5.75 Å². The Labute approximate surface area is 137 Å². The van der Waals surface area contributed by atoms with Crippen molar-refractivity contribution in [2.24, 2.45) is 0 Å². The van der Waals surface area contributed by atoms with E-state index in [9.17, 15) is 8.42 Å². The number of methoxy groups -OCH3 is 1. The quantitative estimate of drug-likeness (QED) is 0.790. The maximum atomic E-state index is 12.5. The highest BCUT2D eigenvalue weighted by atomic mass is 32.2. The fraction of sp³-hybridized carbons (Fsp3) is 0.294. The van der Waals surface area contributed by atoms with Crippen molar-refractivity contribution in [1.82, 2.24) is 0 Å². The van der Waals surface area contributed by atoms with Gasteiger partial charge in [0.2, 0.25) is 0 Å². The van der Waals surface area contributed by atoms with E-state index in [1.165, 1.54) is 0 Å². The van der Waals surface area contributed by atoms with Gasteiger partial charge in [0.05, 0.1) is 11.5 Å². The summed E-state index contributed by atoms with van der Waals surface area (Å²) in [5.41, 5.74) is 2.10. The summed E-state index contributed by atoms with van der Waals surface area (Å²) in [7, 11) is -2.01. The van der Waals surface area contributed by atoms with Crippen molar-refractivity contribution in [2.45, 2.75) is 18.7 Å². The molecule has 0 unspecified atom stereocenters. The van der Waals surface area contributed by atoms with Crippen LogP contribution in [-0.4, -0.2) is 28.7 Å². The molecule has 0 fully saturated rings. The highest BCUT2D eigenvalue weighted by Crippen LogP contribution is 2.22. The average Bonchev–Trinajstić information content (AvgIpc) is 2.51. The minimum atomic E-state index is -3.61. The molecule has 0 saturated heterocycles. The number of anilines is 1. The summed E-state index contributed by atoms with van der Waals surface area (Å²) in [5, 5.41) is 0. The SMILES string of the molecule is COCCOc1ccc(NS(=O)(=O)c2cc(C)ccc2C)cc1. The Morgan fingerprint density at radius 3 is 2.35 bits per heavy atom. The third-order valence-electron chi connectivity index (χ3n) is 3.30. The summed E-state index contributed by atoms with van der Waals surface area (Å²) in [4.78, 5) is 0.290. The van der Waals surface area contributed by atoms with Crippen molar-refractivity contribution in [3.05, 3.63) is 53.6 Å². The number of hydrogen-bond donors (Lipinski definition) is 1. The van der Waals surface area contributed by atoms with Crippen LogP contribution < -0.4 is 9.46 Å². The van der Waals surface area contributed by atoms with Crippen molar-refractivity contribution in [3.63, 3.8) is 0 Å². The molecule has 124 valence electrons. The Kier molecular flexibility index (Phi) is 5.63. The van der Waals surface area contributed by atoms with Crippen LogP contribution in [0.1, 0.15) is 11.1 Å². The Bertz CT molecular complexity index is 755. The first-order valence-corrected chi connectivity index (χ1v) is 8.72. The molecule has 0 heterocycles. The summed E-state index contributed by atoms with van der Waals surface area (Å²) in [6.45, 7) is 4.59. The molecule has 5 nitrogen and oxygen atoms in total. The average molecular weight is 335 g/mol. The molecule has 0 aliphatic rings. The topological polar surface area (TPSA) is 64.6 Å². The van der Waals surface area contributed by atoms with Gasteiger partial charge in [-0.25, -0.2) is 8.42 Å². The van der Waals surface area contributed by atoms with E-state index in [0.717, 1.165) is 5.56 Å². The van der Waals surface area contributed by atoms with E-state index in [2.05, 4.69) is 4.72 Å². The van der Waals surface area contributed by atoms with Crippen LogP contribution in [0, 0.1) is 13.8 Å². The van der Waals surface area contributed by atoms with E-state index in [-0.39, 0.29) is 4.90 Å². The molecule has 2 rings (SSSR count). The number of rotatable bonds is 7. The lowest BCUT2D eigenvalue weighted by Crippen LogP contribution is -2.14. The van der Waals surface area contributed by atoms with Gasteiger partial charge in [-0.15, -0.1) is 0 Å². The zero-order valence-electron chi connectivity index (χ0n) is 13.5. The van der Waals surface area contributed by atoms with Crippen molar-refractivity contribution >= 4 is 15.7 Å². The van der Waals surface area contributed by atoms with Gasteiger partial charge in [0.15, 0.2) is 0 Å². The van der Waals surface area contributed by atoms with E-state index < -0.39 is 10.0 Å². The fourth-order valence-corrected chi connectivity index (χ4v) is 3.46. The molecule has 2 aromatic rings. The molecule has 0 aliphatic carbocycles. The summed E-state index contributed by atoms with van der Waals surface area (Å²) in [6.07, 6.45) is 0. The lowest BCUT2D eigenvalue weighted by Gasteiger charge is -2.12. The van der Waals surface area contributed by atoms with Gasteiger partial charge >= 0.3 is 0 Å². The summed E-state index contributed by atoms with van der Waals surface area (Å²) < 4.78 is 38.0. The van der Waals surface area contributed by atoms with Crippen LogP contribution in [0.15, 0.2) is 47.4 Å². The van der Waals surface area contributed by atoms with Crippen molar-refractivity contribution in [1.29, 1.82) is 0 Å². The van der Waals surface area contributed by atoms with Gasteiger partial charge in [-0.3, -0.25) is 4.72 Å². The van der Waals surface area contributed by atoms with Gasteiger partial charge in [0.25, 0.3) is 10.0 Å². The first-order valence-electron chi connectivity index (χ1n) is 7.24. The predicted molar refractivity (Wildman–Crippen MR) is 90.5 cm³/mol. The largest absolute Gasteiger partial charge is 0.491 e. The van der Waals surface area contributed by atoms with Crippen molar-refractivity contribution in [3.8, 4) is 5.75 Å². The third kappa shape index (κ3) is 4.71. The molecule has 0 spiro atoms. The van der Waals surface area contributed by atoms with Crippen molar-refractivity contribution < 1.29 is 17.9 Å². The number of sulfonamides is 1. The monoisotopic (exact) mass is 335 g/mol. The van der Waals surface area contributed by atoms with E-state index in [1.807, 2.05) is 13.0 Å². The number of benzene rings is 2. The molecule has 6 heteroatoms. The van der Waals surface area contributed by atoms with E-state index in [0.29, 0.717) is 30.2 Å². The molecule has 0 saturated carbocycles. The van der Waals surface area contributed by atoms with Gasteiger partial charge < -0.3 is 9.47 Å².